The van der Waals surface area contributed by atoms with Gasteiger partial charge in [0.25, 0.3) is 0 Å². The number of hydrogen-bond acceptors (Lipinski definition) is 5. The minimum atomic E-state index is -0.173. The van der Waals surface area contributed by atoms with E-state index in [0.717, 1.165) is 30.2 Å². The summed E-state index contributed by atoms with van der Waals surface area (Å²) in [7, 11) is 0. The monoisotopic (exact) mass is 349 g/mol. The maximum Gasteiger partial charge on any atom is 0.225 e. The van der Waals surface area contributed by atoms with Gasteiger partial charge in [0.05, 0.1) is 16.1 Å². The van der Waals surface area contributed by atoms with Crippen molar-refractivity contribution in [3.8, 4) is 0 Å². The number of nitrogens with zero attached hydrogens (tertiary/aromatic N) is 2. The maximum absolute atomic E-state index is 12.4. The minimum absolute atomic E-state index is 0.0567. The Morgan fingerprint density at radius 3 is 2.91 bits per heavy atom. The lowest BCUT2D eigenvalue weighted by Crippen LogP contribution is -2.44. The number of carbonyl (C=O) groups excluding carboxylic acids is 1. The average Bonchev–Trinajstić information content (AvgIpc) is 3.11. The molecule has 1 aliphatic rings. The second kappa shape index (κ2) is 6.32. The van der Waals surface area contributed by atoms with Crippen LogP contribution in [-0.2, 0) is 4.79 Å². The summed E-state index contributed by atoms with van der Waals surface area (Å²) < 4.78 is 1.22. The molecule has 0 radical (unpaired) electrons. The number of benzene rings is 1. The lowest BCUT2D eigenvalue weighted by atomic mass is 10.0. The smallest absolute Gasteiger partial charge is 0.225 e. The number of thiazole rings is 1. The number of aromatic nitrogens is 1. The molecule has 1 saturated heterocycles. The first kappa shape index (κ1) is 16.6. The van der Waals surface area contributed by atoms with Crippen molar-refractivity contribution in [1.82, 2.24) is 10.3 Å². The van der Waals surface area contributed by atoms with Crippen LogP contribution in [0.2, 0.25) is 0 Å². The molecule has 0 aliphatic carbocycles. The summed E-state index contributed by atoms with van der Waals surface area (Å²) in [6.45, 7) is 7.73. The maximum atomic E-state index is 12.4. The van der Waals surface area contributed by atoms with Crippen molar-refractivity contribution in [3.63, 3.8) is 0 Å². The molecule has 0 saturated carbocycles. The van der Waals surface area contributed by atoms with E-state index in [1.165, 1.54) is 9.60 Å². The predicted molar refractivity (Wildman–Crippen MR) is 99.6 cm³/mol. The first-order valence-corrected chi connectivity index (χ1v) is 9.92. The molecule has 2 heterocycles. The van der Waals surface area contributed by atoms with Crippen molar-refractivity contribution in [2.75, 3.05) is 24.2 Å². The molecule has 1 aromatic heterocycles. The number of carbonyl (C=O) groups is 1. The van der Waals surface area contributed by atoms with Crippen LogP contribution in [0, 0.1) is 5.92 Å². The average molecular weight is 350 g/mol. The van der Waals surface area contributed by atoms with Gasteiger partial charge in [0.2, 0.25) is 5.91 Å². The summed E-state index contributed by atoms with van der Waals surface area (Å²) in [6, 6.07) is 6.32. The molecule has 0 bridgehead atoms. The molecule has 1 atom stereocenters. The highest BCUT2D eigenvalue weighted by molar-refractivity contribution is 7.98. The fourth-order valence-corrected chi connectivity index (χ4v) is 4.49. The van der Waals surface area contributed by atoms with Gasteiger partial charge in [-0.05, 0) is 45.6 Å². The van der Waals surface area contributed by atoms with Crippen molar-refractivity contribution < 1.29 is 4.79 Å². The lowest BCUT2D eigenvalue weighted by molar-refractivity contribution is -0.125. The van der Waals surface area contributed by atoms with Crippen LogP contribution in [0.1, 0.15) is 27.2 Å². The van der Waals surface area contributed by atoms with E-state index in [9.17, 15) is 4.79 Å². The molecule has 1 aromatic carbocycles. The van der Waals surface area contributed by atoms with Gasteiger partial charge in [0.15, 0.2) is 5.13 Å². The van der Waals surface area contributed by atoms with Crippen LogP contribution in [0.4, 0.5) is 5.13 Å². The van der Waals surface area contributed by atoms with Crippen LogP contribution in [0.15, 0.2) is 23.1 Å². The second-order valence-electron chi connectivity index (χ2n) is 6.97. The zero-order valence-corrected chi connectivity index (χ0v) is 15.7. The lowest BCUT2D eigenvalue weighted by Gasteiger charge is -2.23. The van der Waals surface area contributed by atoms with Crippen molar-refractivity contribution >= 4 is 44.4 Å². The Hall–Kier alpha value is -1.27. The highest BCUT2D eigenvalue weighted by atomic mass is 32.2. The number of nitrogens with one attached hydrogen (secondary N) is 1. The van der Waals surface area contributed by atoms with Gasteiger partial charge in [0, 0.05) is 23.5 Å². The highest BCUT2D eigenvalue weighted by Crippen LogP contribution is 2.35. The number of anilines is 1. The van der Waals surface area contributed by atoms with E-state index in [4.69, 9.17) is 4.98 Å². The Balaban J connectivity index is 1.75. The first-order chi connectivity index (χ1) is 10.9. The molecule has 0 spiro atoms. The van der Waals surface area contributed by atoms with Gasteiger partial charge in [0.1, 0.15) is 0 Å². The van der Waals surface area contributed by atoms with Crippen LogP contribution in [0.3, 0.4) is 0 Å². The van der Waals surface area contributed by atoms with Crippen molar-refractivity contribution in [3.05, 3.63) is 18.2 Å². The van der Waals surface area contributed by atoms with E-state index >= 15 is 0 Å². The number of thioether (sulfide) groups is 1. The number of fused-ring (bicyclic) bond motifs is 1. The van der Waals surface area contributed by atoms with Crippen molar-refractivity contribution in [2.24, 2.45) is 5.92 Å². The summed E-state index contributed by atoms with van der Waals surface area (Å²) in [5.74, 6) is 0.215. The van der Waals surface area contributed by atoms with Gasteiger partial charge < -0.3 is 10.2 Å². The van der Waals surface area contributed by atoms with Crippen LogP contribution < -0.4 is 10.2 Å². The molecule has 3 rings (SSSR count). The molecular weight excluding hydrogens is 326 g/mol. The zero-order chi connectivity index (χ0) is 16.6. The summed E-state index contributed by atoms with van der Waals surface area (Å²) in [6.07, 6.45) is 2.98. The van der Waals surface area contributed by atoms with Gasteiger partial charge in [-0.25, -0.2) is 4.98 Å². The van der Waals surface area contributed by atoms with Crippen LogP contribution >= 0.6 is 23.1 Å². The van der Waals surface area contributed by atoms with E-state index in [1.54, 1.807) is 23.1 Å². The number of rotatable bonds is 3. The van der Waals surface area contributed by atoms with E-state index in [0.29, 0.717) is 0 Å². The first-order valence-electron chi connectivity index (χ1n) is 7.88. The SMILES string of the molecule is CSc1cccc2sc(N3CCC(C(=O)NC(C)(C)C)C3)nc12. The summed E-state index contributed by atoms with van der Waals surface area (Å²) in [5, 5.41) is 4.13. The zero-order valence-electron chi connectivity index (χ0n) is 14.0. The third kappa shape index (κ3) is 3.63. The Kier molecular flexibility index (Phi) is 4.56. The Morgan fingerprint density at radius 2 is 2.22 bits per heavy atom. The van der Waals surface area contributed by atoms with Gasteiger partial charge >= 0.3 is 0 Å². The molecule has 124 valence electrons. The summed E-state index contributed by atoms with van der Waals surface area (Å²) >= 11 is 3.45. The molecule has 1 N–H and O–H groups in total. The molecule has 1 unspecified atom stereocenters. The Bertz CT molecular complexity index is 720. The standard InChI is InChI=1S/C17H23N3OS2/c1-17(2,3)19-15(21)11-8-9-20(10-11)16-18-14-12(22-4)6-5-7-13(14)23-16/h5-7,11H,8-10H2,1-4H3,(H,19,21). The largest absolute Gasteiger partial charge is 0.351 e. The second-order valence-corrected chi connectivity index (χ2v) is 8.83. The topological polar surface area (TPSA) is 45.2 Å². The van der Waals surface area contributed by atoms with Gasteiger partial charge in [-0.3, -0.25) is 4.79 Å². The van der Waals surface area contributed by atoms with E-state index in [2.05, 4.69) is 34.7 Å². The Labute approximate surface area is 145 Å². The third-order valence-corrected chi connectivity index (χ3v) is 5.77. The molecule has 1 fully saturated rings. The third-order valence-electron chi connectivity index (χ3n) is 3.92. The molecule has 2 aromatic rings. The molecular formula is C17H23N3OS2. The highest BCUT2D eigenvalue weighted by Gasteiger charge is 2.31. The fraction of sp³-hybridized carbons (Fsp3) is 0.529. The van der Waals surface area contributed by atoms with Crippen LogP contribution in [-0.4, -0.2) is 35.8 Å². The number of hydrogen-bond donors (Lipinski definition) is 1. The fourth-order valence-electron chi connectivity index (χ4n) is 2.83. The molecule has 1 amide bonds. The van der Waals surface area contributed by atoms with E-state index in [1.807, 2.05) is 20.8 Å². The molecule has 6 heteroatoms. The molecule has 1 aliphatic heterocycles. The number of amides is 1. The van der Waals surface area contributed by atoms with Crippen LogP contribution in [0.25, 0.3) is 10.2 Å². The van der Waals surface area contributed by atoms with Gasteiger partial charge in [-0.15, -0.1) is 11.8 Å². The van der Waals surface area contributed by atoms with Crippen molar-refractivity contribution in [1.29, 1.82) is 0 Å². The predicted octanol–water partition coefficient (Wildman–Crippen LogP) is 3.76. The van der Waals surface area contributed by atoms with Gasteiger partial charge in [-0.2, -0.15) is 0 Å². The van der Waals surface area contributed by atoms with E-state index < -0.39 is 0 Å². The Morgan fingerprint density at radius 1 is 1.43 bits per heavy atom. The molecule has 23 heavy (non-hydrogen) atoms. The van der Waals surface area contributed by atoms with E-state index in [-0.39, 0.29) is 17.4 Å². The quantitative estimate of drug-likeness (QED) is 0.857. The van der Waals surface area contributed by atoms with Crippen molar-refractivity contribution in [2.45, 2.75) is 37.6 Å². The van der Waals surface area contributed by atoms with Crippen LogP contribution in [0.5, 0.6) is 0 Å². The summed E-state index contributed by atoms with van der Waals surface area (Å²) in [5.41, 5.74) is 0.913. The molecule has 4 nitrogen and oxygen atoms in total. The normalized spacial score (nSPS) is 18.6. The number of para-hydroxylation sites is 1. The minimum Gasteiger partial charge on any atom is -0.351 e. The summed E-state index contributed by atoms with van der Waals surface area (Å²) in [4.78, 5) is 20.6. The van der Waals surface area contributed by atoms with Gasteiger partial charge in [-0.1, -0.05) is 17.4 Å².